The second-order valence-corrected chi connectivity index (χ2v) is 7.78. The fourth-order valence-electron chi connectivity index (χ4n) is 3.72. The van der Waals surface area contributed by atoms with Crippen LogP contribution in [0.15, 0.2) is 0 Å². The minimum atomic E-state index is 0.254. The van der Waals surface area contributed by atoms with Crippen LogP contribution in [0.2, 0.25) is 0 Å². The number of aliphatic hydroxyl groups excluding tert-OH is 1. The van der Waals surface area contributed by atoms with E-state index in [0.717, 1.165) is 18.5 Å². The normalized spacial score (nSPS) is 30.3. The first-order valence-corrected chi connectivity index (χ1v) is 8.06. The summed E-state index contributed by atoms with van der Waals surface area (Å²) in [5, 5.41) is 12.5. The van der Waals surface area contributed by atoms with Crippen LogP contribution in [0.25, 0.3) is 0 Å². The van der Waals surface area contributed by atoms with Crippen molar-refractivity contribution >= 4 is 0 Å². The molecule has 2 N–H and O–H groups in total. The summed E-state index contributed by atoms with van der Waals surface area (Å²) in [4.78, 5) is 2.72. The maximum absolute atomic E-state index is 9.01. The van der Waals surface area contributed by atoms with Gasteiger partial charge in [-0.3, -0.25) is 4.90 Å². The van der Waals surface area contributed by atoms with Crippen LogP contribution >= 0.6 is 0 Å². The Bertz CT molecular complexity index is 270. The molecule has 1 saturated carbocycles. The molecule has 112 valence electrons. The van der Waals surface area contributed by atoms with E-state index < -0.39 is 0 Å². The smallest absolute Gasteiger partial charge is 0.0556 e. The molecule has 2 unspecified atom stereocenters. The predicted octanol–water partition coefficient (Wildman–Crippen LogP) is 2.25. The highest BCUT2D eigenvalue weighted by molar-refractivity contribution is 4.91. The lowest BCUT2D eigenvalue weighted by atomic mass is 9.78. The lowest BCUT2D eigenvalue weighted by molar-refractivity contribution is 0.0453. The fraction of sp³-hybridized carbons (Fsp3) is 1.00. The summed E-state index contributed by atoms with van der Waals surface area (Å²) in [5.74, 6) is 0.811. The van der Waals surface area contributed by atoms with Gasteiger partial charge in [-0.15, -0.1) is 0 Å². The zero-order valence-corrected chi connectivity index (χ0v) is 13.0. The quantitative estimate of drug-likeness (QED) is 0.803. The molecule has 1 aliphatic heterocycles. The summed E-state index contributed by atoms with van der Waals surface area (Å²) >= 11 is 0. The second kappa shape index (κ2) is 6.55. The van der Waals surface area contributed by atoms with Gasteiger partial charge in [0.2, 0.25) is 0 Å². The first-order chi connectivity index (χ1) is 8.98. The molecule has 2 atom stereocenters. The molecule has 0 aromatic rings. The molecule has 0 amide bonds. The lowest BCUT2D eigenvalue weighted by Crippen LogP contribution is -2.55. The van der Waals surface area contributed by atoms with E-state index in [-0.39, 0.29) is 6.61 Å². The first-order valence-electron chi connectivity index (χ1n) is 8.06. The molecule has 0 spiro atoms. The molecule has 2 aliphatic rings. The lowest BCUT2D eigenvalue weighted by Gasteiger charge is -2.46. The van der Waals surface area contributed by atoms with Crippen LogP contribution in [0.4, 0.5) is 0 Å². The van der Waals surface area contributed by atoms with Crippen molar-refractivity contribution in [2.45, 2.75) is 65.0 Å². The van der Waals surface area contributed by atoms with E-state index >= 15 is 0 Å². The molecule has 3 heteroatoms. The second-order valence-electron chi connectivity index (χ2n) is 7.78. The molecular weight excluding hydrogens is 236 g/mol. The number of aliphatic hydroxyl groups is 1. The monoisotopic (exact) mass is 268 g/mol. The first kappa shape index (κ1) is 15.3. The molecule has 0 aromatic heterocycles. The van der Waals surface area contributed by atoms with Gasteiger partial charge in [-0.25, -0.2) is 0 Å². The Morgan fingerprint density at radius 3 is 2.47 bits per heavy atom. The van der Waals surface area contributed by atoms with Crippen LogP contribution in [-0.4, -0.2) is 48.3 Å². The third-order valence-corrected chi connectivity index (χ3v) is 4.60. The summed E-state index contributed by atoms with van der Waals surface area (Å²) in [7, 11) is 0. The van der Waals surface area contributed by atoms with Crippen molar-refractivity contribution in [3.63, 3.8) is 0 Å². The Morgan fingerprint density at radius 1 is 1.21 bits per heavy atom. The number of hydrogen-bond acceptors (Lipinski definition) is 3. The zero-order chi connectivity index (χ0) is 13.9. The minimum absolute atomic E-state index is 0.254. The molecular formula is C16H32N2O. The Hall–Kier alpha value is -0.120. The molecule has 19 heavy (non-hydrogen) atoms. The topological polar surface area (TPSA) is 35.5 Å². The maximum atomic E-state index is 9.01. The van der Waals surface area contributed by atoms with Crippen molar-refractivity contribution in [2.75, 3.05) is 26.2 Å². The largest absolute Gasteiger partial charge is 0.395 e. The molecule has 1 saturated heterocycles. The zero-order valence-electron chi connectivity index (χ0n) is 13.0. The predicted molar refractivity (Wildman–Crippen MR) is 80.3 cm³/mol. The van der Waals surface area contributed by atoms with Gasteiger partial charge in [0, 0.05) is 31.7 Å². The van der Waals surface area contributed by atoms with Gasteiger partial charge in [0.05, 0.1) is 6.61 Å². The minimum Gasteiger partial charge on any atom is -0.395 e. The highest BCUT2D eigenvalue weighted by Gasteiger charge is 2.34. The maximum Gasteiger partial charge on any atom is 0.0556 e. The van der Waals surface area contributed by atoms with Crippen molar-refractivity contribution < 1.29 is 5.11 Å². The number of piperidine rings is 1. The van der Waals surface area contributed by atoms with Crippen LogP contribution in [0.1, 0.15) is 52.9 Å². The number of hydrogen-bond donors (Lipinski definition) is 2. The van der Waals surface area contributed by atoms with E-state index in [2.05, 4.69) is 31.0 Å². The summed E-state index contributed by atoms with van der Waals surface area (Å²) in [5.41, 5.74) is 0.425. The summed E-state index contributed by atoms with van der Waals surface area (Å²) < 4.78 is 0. The molecule has 3 nitrogen and oxygen atoms in total. The van der Waals surface area contributed by atoms with Gasteiger partial charge in [0.1, 0.15) is 0 Å². The third-order valence-electron chi connectivity index (χ3n) is 4.60. The van der Waals surface area contributed by atoms with E-state index in [0.29, 0.717) is 11.5 Å². The number of nitrogens with zero attached hydrogens (tertiary/aromatic N) is 1. The van der Waals surface area contributed by atoms with Crippen molar-refractivity contribution in [1.29, 1.82) is 0 Å². The average molecular weight is 268 g/mol. The van der Waals surface area contributed by atoms with Gasteiger partial charge in [0.25, 0.3) is 0 Å². The van der Waals surface area contributed by atoms with Gasteiger partial charge in [-0.05, 0) is 37.0 Å². The van der Waals surface area contributed by atoms with E-state index in [1.165, 1.54) is 45.2 Å². The van der Waals surface area contributed by atoms with Crippen LogP contribution in [0, 0.1) is 11.3 Å². The van der Waals surface area contributed by atoms with Gasteiger partial charge < -0.3 is 10.4 Å². The van der Waals surface area contributed by atoms with Crippen LogP contribution in [0.3, 0.4) is 0 Å². The molecule has 0 bridgehead atoms. The van der Waals surface area contributed by atoms with Crippen molar-refractivity contribution in [1.82, 2.24) is 10.2 Å². The summed E-state index contributed by atoms with van der Waals surface area (Å²) in [6, 6.07) is 1.43. The van der Waals surface area contributed by atoms with E-state index in [1.807, 2.05) is 0 Å². The fourth-order valence-corrected chi connectivity index (χ4v) is 3.72. The average Bonchev–Trinajstić information content (AvgIpc) is 2.21. The number of likely N-dealkylation sites (tertiary alicyclic amines) is 1. The van der Waals surface area contributed by atoms with Gasteiger partial charge in [-0.1, -0.05) is 27.2 Å². The summed E-state index contributed by atoms with van der Waals surface area (Å²) in [6.45, 7) is 10.5. The number of nitrogens with one attached hydrogen (secondary N) is 1. The highest BCUT2D eigenvalue weighted by Crippen LogP contribution is 2.34. The van der Waals surface area contributed by atoms with E-state index in [1.54, 1.807) is 0 Å². The third kappa shape index (κ3) is 4.73. The van der Waals surface area contributed by atoms with E-state index in [4.69, 9.17) is 5.11 Å². The van der Waals surface area contributed by atoms with Crippen molar-refractivity contribution in [3.8, 4) is 0 Å². The van der Waals surface area contributed by atoms with Crippen LogP contribution in [-0.2, 0) is 0 Å². The Labute approximate surface area is 118 Å². The number of rotatable bonds is 5. The molecule has 1 heterocycles. The van der Waals surface area contributed by atoms with Crippen LogP contribution < -0.4 is 5.32 Å². The summed E-state index contributed by atoms with van der Waals surface area (Å²) in [6.07, 6.45) is 6.80. The molecule has 0 radical (unpaired) electrons. The van der Waals surface area contributed by atoms with E-state index in [9.17, 15) is 0 Å². The van der Waals surface area contributed by atoms with Crippen molar-refractivity contribution in [3.05, 3.63) is 0 Å². The Morgan fingerprint density at radius 2 is 1.95 bits per heavy atom. The molecule has 0 aromatic carbocycles. The standard InChI is InChI=1S/C16H32N2O/c1-16(2,3)10-13-9-14(17-7-8-19)12-18(11-13)15-5-4-6-15/h13-15,17,19H,4-12H2,1-3H3. The van der Waals surface area contributed by atoms with Gasteiger partial charge >= 0.3 is 0 Å². The SMILES string of the molecule is CC(C)(C)CC1CC(NCCO)CN(C2CCC2)C1. The molecule has 2 rings (SSSR count). The van der Waals surface area contributed by atoms with Gasteiger partial charge in [-0.2, -0.15) is 0 Å². The highest BCUT2D eigenvalue weighted by atomic mass is 16.3. The van der Waals surface area contributed by atoms with Crippen LogP contribution in [0.5, 0.6) is 0 Å². The van der Waals surface area contributed by atoms with Crippen molar-refractivity contribution in [2.24, 2.45) is 11.3 Å². The Balaban J connectivity index is 1.90. The Kier molecular flexibility index (Phi) is 5.27. The molecule has 2 fully saturated rings. The molecule has 1 aliphatic carbocycles. The van der Waals surface area contributed by atoms with Gasteiger partial charge in [0.15, 0.2) is 0 Å².